The maximum Gasteiger partial charge on any atom is 0.263 e. The molecule has 2 aromatic heterocycles. The summed E-state index contributed by atoms with van der Waals surface area (Å²) in [5.41, 5.74) is 6.42. The molecule has 0 fully saturated rings. The molecule has 0 saturated carbocycles. The summed E-state index contributed by atoms with van der Waals surface area (Å²) in [6, 6.07) is 5.39. The molecule has 6 heteroatoms. The van der Waals surface area contributed by atoms with Gasteiger partial charge in [-0.2, -0.15) is 0 Å². The summed E-state index contributed by atoms with van der Waals surface area (Å²) in [6.07, 6.45) is 6.07. The van der Waals surface area contributed by atoms with Crippen molar-refractivity contribution in [2.45, 2.75) is 65.8 Å². The molecule has 0 radical (unpaired) electrons. The van der Waals surface area contributed by atoms with Gasteiger partial charge in [0.2, 0.25) is 5.91 Å². The van der Waals surface area contributed by atoms with Crippen molar-refractivity contribution in [3.8, 4) is 0 Å². The maximum atomic E-state index is 13.3. The fraction of sp³-hybridized carbons (Fsp3) is 0.417. The Bertz CT molecular complexity index is 1170. The van der Waals surface area contributed by atoms with Gasteiger partial charge in [-0.15, -0.1) is 0 Å². The molecular formula is C24H28N4O2. The lowest BCUT2D eigenvalue weighted by Crippen LogP contribution is -2.33. The fourth-order valence-electron chi connectivity index (χ4n) is 4.50. The predicted octanol–water partition coefficient (Wildman–Crippen LogP) is 4.19. The molecule has 30 heavy (non-hydrogen) atoms. The lowest BCUT2D eigenvalue weighted by atomic mass is 9.95. The first-order chi connectivity index (χ1) is 14.4. The molecular weight excluding hydrogens is 376 g/mol. The van der Waals surface area contributed by atoms with Crippen LogP contribution in [0.2, 0.25) is 0 Å². The standard InChI is InChI=1S/C24H28N4O2/c1-5-20(23(29)27-21-15(3)10-14(2)11-16(21)4)28-13-25-22-18(24(28)30)12-17-8-6-7-9-19(17)26-22/h10-13,20H,5-9H2,1-4H3,(H,27,29)/t20-/m1/s1. The first kappa shape index (κ1) is 20.3. The van der Waals surface area contributed by atoms with Crippen molar-refractivity contribution in [3.05, 3.63) is 62.8 Å². The van der Waals surface area contributed by atoms with E-state index in [9.17, 15) is 9.59 Å². The van der Waals surface area contributed by atoms with Gasteiger partial charge in [0, 0.05) is 11.4 Å². The van der Waals surface area contributed by atoms with Crippen LogP contribution in [0, 0.1) is 20.8 Å². The van der Waals surface area contributed by atoms with Gasteiger partial charge in [0.25, 0.3) is 5.56 Å². The van der Waals surface area contributed by atoms with Crippen LogP contribution in [0.25, 0.3) is 11.0 Å². The summed E-state index contributed by atoms with van der Waals surface area (Å²) in [5.74, 6) is -0.207. The van der Waals surface area contributed by atoms with E-state index in [1.165, 1.54) is 10.9 Å². The van der Waals surface area contributed by atoms with E-state index in [4.69, 9.17) is 0 Å². The summed E-state index contributed by atoms with van der Waals surface area (Å²) in [7, 11) is 0. The van der Waals surface area contributed by atoms with Gasteiger partial charge in [0.05, 0.1) is 5.39 Å². The zero-order chi connectivity index (χ0) is 21.4. The monoisotopic (exact) mass is 404 g/mol. The normalized spacial score (nSPS) is 14.4. The van der Waals surface area contributed by atoms with Crippen LogP contribution < -0.4 is 10.9 Å². The second-order valence-electron chi connectivity index (χ2n) is 8.32. The number of hydrogen-bond acceptors (Lipinski definition) is 4. The number of benzene rings is 1. The molecule has 2 heterocycles. The molecule has 3 aromatic rings. The summed E-state index contributed by atoms with van der Waals surface area (Å²) < 4.78 is 1.45. The first-order valence-corrected chi connectivity index (χ1v) is 10.7. The molecule has 1 aliphatic carbocycles. The van der Waals surface area contributed by atoms with Crippen LogP contribution in [0.5, 0.6) is 0 Å². The largest absolute Gasteiger partial charge is 0.324 e. The molecule has 1 aromatic carbocycles. The van der Waals surface area contributed by atoms with E-state index >= 15 is 0 Å². The Morgan fingerprint density at radius 1 is 1.13 bits per heavy atom. The molecule has 6 nitrogen and oxygen atoms in total. The van der Waals surface area contributed by atoms with E-state index in [-0.39, 0.29) is 11.5 Å². The van der Waals surface area contributed by atoms with Crippen LogP contribution in [0.15, 0.2) is 29.3 Å². The van der Waals surface area contributed by atoms with Gasteiger partial charge >= 0.3 is 0 Å². The van der Waals surface area contributed by atoms with Gasteiger partial charge in [-0.1, -0.05) is 24.6 Å². The highest BCUT2D eigenvalue weighted by Gasteiger charge is 2.23. The third kappa shape index (κ3) is 3.62. The molecule has 156 valence electrons. The van der Waals surface area contributed by atoms with Crippen molar-refractivity contribution < 1.29 is 4.79 Å². The fourth-order valence-corrected chi connectivity index (χ4v) is 4.50. The van der Waals surface area contributed by atoms with Gasteiger partial charge in [-0.25, -0.2) is 9.97 Å². The van der Waals surface area contributed by atoms with E-state index in [0.717, 1.165) is 59.3 Å². The minimum atomic E-state index is -0.634. The molecule has 0 aliphatic heterocycles. The molecule has 0 spiro atoms. The Morgan fingerprint density at radius 2 is 1.83 bits per heavy atom. The summed E-state index contributed by atoms with van der Waals surface area (Å²) in [5, 5.41) is 3.53. The van der Waals surface area contributed by atoms with Gasteiger partial charge in [-0.05, 0) is 75.6 Å². The Kier molecular flexibility index (Phi) is 5.41. The van der Waals surface area contributed by atoms with Gasteiger partial charge in [-0.3, -0.25) is 14.2 Å². The van der Waals surface area contributed by atoms with Crippen molar-refractivity contribution >= 4 is 22.6 Å². The molecule has 4 rings (SSSR count). The minimum absolute atomic E-state index is 0.207. The van der Waals surface area contributed by atoms with Gasteiger partial charge in [0.1, 0.15) is 12.4 Å². The topological polar surface area (TPSA) is 76.9 Å². The molecule has 1 atom stereocenters. The first-order valence-electron chi connectivity index (χ1n) is 10.7. The number of pyridine rings is 1. The SMILES string of the molecule is CC[C@H](C(=O)Nc1c(C)cc(C)cc1C)n1cnc2nc3c(cc2c1=O)CCCC3. The Hall–Kier alpha value is -3.02. The van der Waals surface area contributed by atoms with E-state index in [1.54, 1.807) is 0 Å². The summed E-state index contributed by atoms with van der Waals surface area (Å²) in [6.45, 7) is 7.90. The van der Waals surface area contributed by atoms with Crippen LogP contribution in [0.1, 0.15) is 60.2 Å². The Labute approximate surface area is 176 Å². The summed E-state index contributed by atoms with van der Waals surface area (Å²) in [4.78, 5) is 35.4. The van der Waals surface area contributed by atoms with E-state index < -0.39 is 6.04 Å². The lowest BCUT2D eigenvalue weighted by Gasteiger charge is -2.20. The highest BCUT2D eigenvalue weighted by Crippen LogP contribution is 2.25. The zero-order valence-electron chi connectivity index (χ0n) is 18.1. The molecule has 1 amide bonds. The quantitative estimate of drug-likeness (QED) is 0.707. The zero-order valence-corrected chi connectivity index (χ0v) is 18.1. The lowest BCUT2D eigenvalue weighted by molar-refractivity contribution is -0.119. The number of rotatable bonds is 4. The summed E-state index contributed by atoms with van der Waals surface area (Å²) >= 11 is 0. The van der Waals surface area contributed by atoms with E-state index in [1.807, 2.05) is 45.9 Å². The van der Waals surface area contributed by atoms with Crippen LogP contribution in [0.4, 0.5) is 5.69 Å². The average molecular weight is 405 g/mol. The van der Waals surface area contributed by atoms with Crippen molar-refractivity contribution in [3.63, 3.8) is 0 Å². The number of nitrogens with one attached hydrogen (secondary N) is 1. The van der Waals surface area contributed by atoms with Crippen LogP contribution in [-0.2, 0) is 17.6 Å². The second-order valence-corrected chi connectivity index (χ2v) is 8.32. The van der Waals surface area contributed by atoms with E-state index in [0.29, 0.717) is 17.5 Å². The van der Waals surface area contributed by atoms with E-state index in [2.05, 4.69) is 15.3 Å². The Balaban J connectivity index is 1.71. The highest BCUT2D eigenvalue weighted by atomic mass is 16.2. The number of anilines is 1. The van der Waals surface area contributed by atoms with Gasteiger partial charge in [0.15, 0.2) is 5.65 Å². The molecule has 0 saturated heterocycles. The number of carbonyl (C=O) groups is 1. The third-order valence-corrected chi connectivity index (χ3v) is 6.00. The Morgan fingerprint density at radius 3 is 2.53 bits per heavy atom. The minimum Gasteiger partial charge on any atom is -0.324 e. The van der Waals surface area contributed by atoms with Crippen molar-refractivity contribution in [1.82, 2.24) is 14.5 Å². The number of amides is 1. The molecule has 0 unspecified atom stereocenters. The van der Waals surface area contributed by atoms with Crippen molar-refractivity contribution in [1.29, 1.82) is 0 Å². The number of carbonyl (C=O) groups excluding carboxylic acids is 1. The average Bonchev–Trinajstić information content (AvgIpc) is 2.71. The number of aryl methyl sites for hydroxylation is 5. The third-order valence-electron chi connectivity index (χ3n) is 6.00. The number of nitrogens with zero attached hydrogens (tertiary/aromatic N) is 3. The number of fused-ring (bicyclic) bond motifs is 2. The number of hydrogen-bond donors (Lipinski definition) is 1. The predicted molar refractivity (Wildman–Crippen MR) is 119 cm³/mol. The second kappa shape index (κ2) is 8.01. The van der Waals surface area contributed by atoms with Crippen LogP contribution >= 0.6 is 0 Å². The molecule has 0 bridgehead atoms. The smallest absolute Gasteiger partial charge is 0.263 e. The van der Waals surface area contributed by atoms with Crippen molar-refractivity contribution in [2.24, 2.45) is 0 Å². The molecule has 1 N–H and O–H groups in total. The van der Waals surface area contributed by atoms with Crippen LogP contribution in [0.3, 0.4) is 0 Å². The molecule has 1 aliphatic rings. The van der Waals surface area contributed by atoms with Crippen molar-refractivity contribution in [2.75, 3.05) is 5.32 Å². The maximum absolute atomic E-state index is 13.3. The number of aromatic nitrogens is 3. The highest BCUT2D eigenvalue weighted by molar-refractivity contribution is 5.95. The van der Waals surface area contributed by atoms with Crippen LogP contribution in [-0.4, -0.2) is 20.4 Å². The van der Waals surface area contributed by atoms with Gasteiger partial charge < -0.3 is 5.32 Å².